The van der Waals surface area contributed by atoms with Crippen LogP contribution in [0.4, 0.5) is 0 Å². The zero-order valence-electron chi connectivity index (χ0n) is 12.3. The topological polar surface area (TPSA) is 121 Å². The summed E-state index contributed by atoms with van der Waals surface area (Å²) in [5, 5.41) is 29.6. The summed E-state index contributed by atoms with van der Waals surface area (Å²) < 4.78 is 10.5. The molecule has 0 fully saturated rings. The molecule has 0 radical (unpaired) electrons. The summed E-state index contributed by atoms with van der Waals surface area (Å²) in [5.74, 6) is -0.808. The van der Waals surface area contributed by atoms with E-state index in [9.17, 15) is 24.9 Å². The van der Waals surface area contributed by atoms with Crippen molar-refractivity contribution in [2.75, 3.05) is 0 Å². The first-order valence-electron chi connectivity index (χ1n) is 6.96. The Morgan fingerprint density at radius 2 is 1.67 bits per heavy atom. The molecule has 0 aliphatic heterocycles. The number of hydrogen-bond acceptors (Lipinski definition) is 7. The number of phenols is 3. The molecular formula is C17H10O7. The molecule has 7 heteroatoms. The van der Waals surface area contributed by atoms with Crippen molar-refractivity contribution in [1.29, 1.82) is 0 Å². The fraction of sp³-hybridized carbons (Fsp3) is 0.0588. The lowest BCUT2D eigenvalue weighted by molar-refractivity contribution is 0.445. The Balaban J connectivity index is 2.38. The normalized spacial score (nSPS) is 11.5. The first kappa shape index (κ1) is 14.1. The minimum atomic E-state index is -0.901. The van der Waals surface area contributed by atoms with Crippen LogP contribution >= 0.6 is 0 Å². The van der Waals surface area contributed by atoms with Crippen LogP contribution in [-0.2, 0) is 0 Å². The van der Waals surface area contributed by atoms with Crippen molar-refractivity contribution >= 4 is 32.9 Å². The lowest BCUT2D eigenvalue weighted by atomic mass is 10.1. The molecule has 0 spiro atoms. The molecule has 2 heterocycles. The van der Waals surface area contributed by atoms with Crippen LogP contribution in [0.1, 0.15) is 5.56 Å². The van der Waals surface area contributed by atoms with Crippen LogP contribution in [0.2, 0.25) is 0 Å². The van der Waals surface area contributed by atoms with Gasteiger partial charge in [0, 0.05) is 23.1 Å². The highest BCUT2D eigenvalue weighted by Gasteiger charge is 2.20. The standard InChI is InChI=1S/C17H10O7/c1-6-9(19)5-11-13(14(6)20)15(21)12-8-3-2-7(18)4-10(8)24-17(22)16(12)23-11/h2-5,18-20H,1H3. The molecule has 0 unspecified atom stereocenters. The molecule has 24 heavy (non-hydrogen) atoms. The van der Waals surface area contributed by atoms with E-state index >= 15 is 0 Å². The molecule has 3 N–H and O–H groups in total. The molecule has 4 rings (SSSR count). The number of fused-ring (bicyclic) bond motifs is 4. The molecule has 0 aliphatic rings. The van der Waals surface area contributed by atoms with Gasteiger partial charge < -0.3 is 24.2 Å². The monoisotopic (exact) mass is 326 g/mol. The maximum absolute atomic E-state index is 12.9. The van der Waals surface area contributed by atoms with Gasteiger partial charge in [0.1, 0.15) is 33.8 Å². The number of aromatic hydroxyl groups is 3. The number of rotatable bonds is 0. The van der Waals surface area contributed by atoms with E-state index in [0.29, 0.717) is 0 Å². The van der Waals surface area contributed by atoms with Crippen LogP contribution in [-0.4, -0.2) is 15.3 Å². The van der Waals surface area contributed by atoms with Gasteiger partial charge in [-0.05, 0) is 19.1 Å². The lowest BCUT2D eigenvalue weighted by Gasteiger charge is -2.08. The van der Waals surface area contributed by atoms with Crippen LogP contribution in [0, 0.1) is 6.92 Å². The molecule has 2 aromatic carbocycles. The Bertz CT molecular complexity index is 1280. The van der Waals surface area contributed by atoms with Crippen LogP contribution in [0.25, 0.3) is 32.9 Å². The zero-order valence-corrected chi connectivity index (χ0v) is 12.3. The number of benzene rings is 2. The van der Waals surface area contributed by atoms with Gasteiger partial charge in [-0.15, -0.1) is 0 Å². The Morgan fingerprint density at radius 1 is 0.917 bits per heavy atom. The third kappa shape index (κ3) is 1.72. The van der Waals surface area contributed by atoms with E-state index in [2.05, 4.69) is 0 Å². The van der Waals surface area contributed by atoms with Gasteiger partial charge in [-0.3, -0.25) is 4.79 Å². The Morgan fingerprint density at radius 3 is 2.42 bits per heavy atom. The molecule has 0 saturated carbocycles. The van der Waals surface area contributed by atoms with Crippen molar-refractivity contribution in [2.24, 2.45) is 0 Å². The third-order valence-corrected chi connectivity index (χ3v) is 4.01. The molecule has 0 saturated heterocycles. The zero-order chi connectivity index (χ0) is 17.2. The van der Waals surface area contributed by atoms with Crippen molar-refractivity contribution in [2.45, 2.75) is 6.92 Å². The lowest BCUT2D eigenvalue weighted by Crippen LogP contribution is -2.10. The highest BCUT2D eigenvalue weighted by molar-refractivity contribution is 6.06. The van der Waals surface area contributed by atoms with E-state index in [1.807, 2.05) is 0 Å². The minimum Gasteiger partial charge on any atom is -0.508 e. The summed E-state index contributed by atoms with van der Waals surface area (Å²) in [6, 6.07) is 5.13. The summed E-state index contributed by atoms with van der Waals surface area (Å²) in [6.07, 6.45) is 0. The second kappa shape index (κ2) is 4.51. The second-order valence-corrected chi connectivity index (χ2v) is 5.45. The first-order valence-corrected chi connectivity index (χ1v) is 6.96. The van der Waals surface area contributed by atoms with Gasteiger partial charge in [-0.2, -0.15) is 0 Å². The summed E-state index contributed by atoms with van der Waals surface area (Å²) in [6.45, 7) is 1.45. The Kier molecular flexibility index (Phi) is 2.66. The molecule has 0 aliphatic carbocycles. The predicted octanol–water partition coefficient (Wildman–Crippen LogP) is 2.48. The summed E-state index contributed by atoms with van der Waals surface area (Å²) in [5.41, 5.74) is -1.84. The maximum Gasteiger partial charge on any atom is 0.380 e. The van der Waals surface area contributed by atoms with E-state index in [0.717, 1.165) is 6.07 Å². The van der Waals surface area contributed by atoms with E-state index in [1.165, 1.54) is 25.1 Å². The quantitative estimate of drug-likeness (QED) is 0.258. The van der Waals surface area contributed by atoms with Gasteiger partial charge in [0.25, 0.3) is 0 Å². The van der Waals surface area contributed by atoms with E-state index in [-0.39, 0.29) is 50.0 Å². The average Bonchev–Trinajstić information content (AvgIpc) is 2.52. The fourth-order valence-corrected chi connectivity index (χ4v) is 2.76. The average molecular weight is 326 g/mol. The van der Waals surface area contributed by atoms with Gasteiger partial charge in [-0.1, -0.05) is 0 Å². The van der Waals surface area contributed by atoms with E-state index in [1.54, 1.807) is 0 Å². The van der Waals surface area contributed by atoms with Crippen LogP contribution in [0.15, 0.2) is 42.7 Å². The fourth-order valence-electron chi connectivity index (χ4n) is 2.76. The first-order chi connectivity index (χ1) is 11.4. The van der Waals surface area contributed by atoms with Crippen LogP contribution in [0.3, 0.4) is 0 Å². The highest BCUT2D eigenvalue weighted by Crippen LogP contribution is 2.35. The van der Waals surface area contributed by atoms with E-state index in [4.69, 9.17) is 8.83 Å². The SMILES string of the molecule is Cc1c(O)cc2oc3c(=O)oc4cc(O)ccc4c3c(=O)c2c1O. The van der Waals surface area contributed by atoms with Crippen LogP contribution in [0.5, 0.6) is 17.2 Å². The van der Waals surface area contributed by atoms with Crippen molar-refractivity contribution in [3.8, 4) is 17.2 Å². The van der Waals surface area contributed by atoms with Crippen molar-refractivity contribution in [1.82, 2.24) is 0 Å². The number of phenolic OH excluding ortho intramolecular Hbond substituents is 3. The van der Waals surface area contributed by atoms with Gasteiger partial charge >= 0.3 is 5.63 Å². The van der Waals surface area contributed by atoms with Crippen molar-refractivity contribution in [3.63, 3.8) is 0 Å². The molecule has 120 valence electrons. The summed E-state index contributed by atoms with van der Waals surface area (Å²) in [7, 11) is 0. The Hall–Kier alpha value is -3.48. The van der Waals surface area contributed by atoms with Gasteiger partial charge in [0.05, 0.1) is 5.39 Å². The van der Waals surface area contributed by atoms with Crippen molar-refractivity contribution < 1.29 is 24.2 Å². The highest BCUT2D eigenvalue weighted by atomic mass is 16.4. The summed E-state index contributed by atoms with van der Waals surface area (Å²) in [4.78, 5) is 25.0. The van der Waals surface area contributed by atoms with Crippen LogP contribution < -0.4 is 11.1 Å². The molecule has 2 aromatic heterocycles. The minimum absolute atomic E-state index is 0.0224. The third-order valence-electron chi connectivity index (χ3n) is 4.01. The Labute approximate surface area is 132 Å². The maximum atomic E-state index is 12.9. The van der Waals surface area contributed by atoms with Gasteiger partial charge in [0.2, 0.25) is 11.0 Å². The van der Waals surface area contributed by atoms with Gasteiger partial charge in [-0.25, -0.2) is 4.79 Å². The molecular weight excluding hydrogens is 316 g/mol. The van der Waals surface area contributed by atoms with E-state index < -0.39 is 16.8 Å². The molecule has 4 aromatic rings. The summed E-state index contributed by atoms with van der Waals surface area (Å²) >= 11 is 0. The van der Waals surface area contributed by atoms with Gasteiger partial charge in [0.15, 0.2) is 0 Å². The second-order valence-electron chi connectivity index (χ2n) is 5.45. The largest absolute Gasteiger partial charge is 0.508 e. The smallest absolute Gasteiger partial charge is 0.380 e. The molecule has 0 amide bonds. The van der Waals surface area contributed by atoms with Crippen molar-refractivity contribution in [3.05, 3.63) is 50.5 Å². The predicted molar refractivity (Wildman–Crippen MR) is 85.8 cm³/mol. The number of hydrogen-bond donors (Lipinski definition) is 3. The molecule has 0 atom stereocenters. The molecule has 7 nitrogen and oxygen atoms in total. The molecule has 0 bridgehead atoms.